The quantitative estimate of drug-likeness (QED) is 0.763. The molecule has 0 spiro atoms. The molecule has 0 aliphatic heterocycles. The van der Waals surface area contributed by atoms with Gasteiger partial charge in [-0.1, -0.05) is 17.8 Å². The summed E-state index contributed by atoms with van der Waals surface area (Å²) in [7, 11) is 0. The van der Waals surface area contributed by atoms with Crippen LogP contribution < -0.4 is 5.73 Å². The Balaban J connectivity index is 1.98. The van der Waals surface area contributed by atoms with Crippen molar-refractivity contribution < 1.29 is 4.39 Å². The summed E-state index contributed by atoms with van der Waals surface area (Å²) in [4.78, 5) is 8.75. The van der Waals surface area contributed by atoms with Gasteiger partial charge in [-0.25, -0.2) is 9.37 Å². The van der Waals surface area contributed by atoms with Crippen LogP contribution in [0.15, 0.2) is 46.5 Å². The number of imidazole rings is 1. The molecule has 0 saturated carbocycles. The summed E-state index contributed by atoms with van der Waals surface area (Å²) in [6, 6.07) is 10.5. The first-order valence-corrected chi connectivity index (χ1v) is 7.54. The van der Waals surface area contributed by atoms with Crippen LogP contribution in [0.3, 0.4) is 0 Å². The lowest BCUT2D eigenvalue weighted by atomic mass is 10.1. The molecule has 0 aliphatic rings. The number of benzene rings is 2. The number of nitrogens with two attached hydrogens (primary N) is 1. The molecule has 3 nitrogen and oxygen atoms in total. The van der Waals surface area contributed by atoms with Gasteiger partial charge in [-0.2, -0.15) is 0 Å². The van der Waals surface area contributed by atoms with Crippen LogP contribution in [0.5, 0.6) is 0 Å². The van der Waals surface area contributed by atoms with E-state index in [-0.39, 0.29) is 11.9 Å². The number of aromatic amines is 1. The van der Waals surface area contributed by atoms with Gasteiger partial charge in [-0.05, 0) is 55.3 Å². The fourth-order valence-corrected chi connectivity index (χ4v) is 3.23. The number of nitrogens with zero attached hydrogens (tertiary/aromatic N) is 1. The molecule has 0 saturated heterocycles. The van der Waals surface area contributed by atoms with Crippen LogP contribution >= 0.6 is 11.8 Å². The molecular formula is C16H16FN3S. The van der Waals surface area contributed by atoms with Crippen LogP contribution in [0.1, 0.15) is 24.1 Å². The molecule has 0 fully saturated rings. The second kappa shape index (κ2) is 5.50. The monoisotopic (exact) mass is 301 g/mol. The number of hydrogen-bond acceptors (Lipinski definition) is 3. The molecule has 3 rings (SSSR count). The van der Waals surface area contributed by atoms with Crippen molar-refractivity contribution >= 4 is 22.8 Å². The van der Waals surface area contributed by atoms with E-state index in [4.69, 9.17) is 5.73 Å². The Morgan fingerprint density at radius 1 is 1.24 bits per heavy atom. The fraction of sp³-hybridized carbons (Fsp3) is 0.188. The van der Waals surface area contributed by atoms with Gasteiger partial charge in [-0.15, -0.1) is 0 Å². The van der Waals surface area contributed by atoms with Crippen molar-refractivity contribution in [2.45, 2.75) is 29.9 Å². The number of H-pyrrole nitrogens is 1. The van der Waals surface area contributed by atoms with Crippen molar-refractivity contribution in [2.75, 3.05) is 0 Å². The Morgan fingerprint density at radius 2 is 2.05 bits per heavy atom. The molecule has 0 bridgehead atoms. The predicted octanol–water partition coefficient (Wildman–Crippen LogP) is 4.18. The molecular weight excluding hydrogens is 285 g/mol. The van der Waals surface area contributed by atoms with E-state index in [0.29, 0.717) is 0 Å². The third-order valence-corrected chi connectivity index (χ3v) is 4.26. The van der Waals surface area contributed by atoms with E-state index >= 15 is 0 Å². The van der Waals surface area contributed by atoms with Gasteiger partial charge in [0.2, 0.25) is 0 Å². The van der Waals surface area contributed by atoms with Crippen molar-refractivity contribution in [3.63, 3.8) is 0 Å². The number of nitrogens with one attached hydrogen (secondary N) is 1. The zero-order valence-corrected chi connectivity index (χ0v) is 12.7. The summed E-state index contributed by atoms with van der Waals surface area (Å²) in [5, 5.41) is 0.782. The smallest absolute Gasteiger partial charge is 0.171 e. The number of aryl methyl sites for hydroxylation is 1. The zero-order chi connectivity index (χ0) is 15.0. The lowest BCUT2D eigenvalue weighted by molar-refractivity contribution is 0.619. The minimum Gasteiger partial charge on any atom is -0.333 e. The van der Waals surface area contributed by atoms with E-state index in [1.807, 2.05) is 26.0 Å². The summed E-state index contributed by atoms with van der Waals surface area (Å²) in [5.74, 6) is -0.271. The van der Waals surface area contributed by atoms with Crippen LogP contribution in [0, 0.1) is 12.7 Å². The Labute approximate surface area is 126 Å². The molecule has 1 aromatic heterocycles. The molecule has 2 aromatic carbocycles. The van der Waals surface area contributed by atoms with Gasteiger partial charge in [0.1, 0.15) is 5.82 Å². The van der Waals surface area contributed by atoms with Gasteiger partial charge in [0, 0.05) is 10.9 Å². The van der Waals surface area contributed by atoms with Crippen LogP contribution in [-0.4, -0.2) is 9.97 Å². The van der Waals surface area contributed by atoms with Crippen molar-refractivity contribution in [1.29, 1.82) is 0 Å². The average Bonchev–Trinajstić information content (AvgIpc) is 2.82. The largest absolute Gasteiger partial charge is 0.333 e. The predicted molar refractivity (Wildman–Crippen MR) is 84.0 cm³/mol. The lowest BCUT2D eigenvalue weighted by Gasteiger charge is -2.11. The van der Waals surface area contributed by atoms with Crippen LogP contribution in [0.2, 0.25) is 0 Å². The maximum atomic E-state index is 13.4. The maximum Gasteiger partial charge on any atom is 0.171 e. The van der Waals surface area contributed by atoms with Gasteiger partial charge in [-0.3, -0.25) is 0 Å². The SMILES string of the molecule is Cc1ccc2nc(Sc3ccc(F)cc3[C@@H](C)N)[nH]c2c1. The summed E-state index contributed by atoms with van der Waals surface area (Å²) in [5.41, 5.74) is 9.82. The Morgan fingerprint density at radius 3 is 2.81 bits per heavy atom. The topological polar surface area (TPSA) is 54.7 Å². The second-order valence-corrected chi connectivity index (χ2v) is 6.17. The zero-order valence-electron chi connectivity index (χ0n) is 11.9. The highest BCUT2D eigenvalue weighted by atomic mass is 32.2. The number of rotatable bonds is 3. The highest BCUT2D eigenvalue weighted by Crippen LogP contribution is 2.32. The van der Waals surface area contributed by atoms with Gasteiger partial charge in [0.05, 0.1) is 11.0 Å². The van der Waals surface area contributed by atoms with Crippen LogP contribution in [-0.2, 0) is 0 Å². The Hall–Kier alpha value is -1.85. The van der Waals surface area contributed by atoms with Gasteiger partial charge < -0.3 is 10.7 Å². The first kappa shape index (κ1) is 14.1. The molecule has 0 aliphatic carbocycles. The van der Waals surface area contributed by atoms with E-state index < -0.39 is 0 Å². The summed E-state index contributed by atoms with van der Waals surface area (Å²) in [6.45, 7) is 3.89. The van der Waals surface area contributed by atoms with E-state index in [2.05, 4.69) is 16.0 Å². The molecule has 1 heterocycles. The maximum absolute atomic E-state index is 13.4. The first-order valence-electron chi connectivity index (χ1n) is 6.72. The standard InChI is InChI=1S/C16H16FN3S/c1-9-3-5-13-14(7-9)20-16(19-13)21-15-6-4-11(17)8-12(15)10(2)18/h3-8,10H,18H2,1-2H3,(H,19,20)/t10-/m1/s1. The average molecular weight is 301 g/mol. The minimum atomic E-state index is -0.271. The van der Waals surface area contributed by atoms with Crippen molar-refractivity contribution in [3.8, 4) is 0 Å². The van der Waals surface area contributed by atoms with Gasteiger partial charge >= 0.3 is 0 Å². The molecule has 108 valence electrons. The third kappa shape index (κ3) is 2.94. The Bertz CT molecular complexity index is 795. The second-order valence-electron chi connectivity index (χ2n) is 5.14. The Kier molecular flexibility index (Phi) is 3.69. The van der Waals surface area contributed by atoms with Gasteiger partial charge in [0.15, 0.2) is 5.16 Å². The van der Waals surface area contributed by atoms with Crippen molar-refractivity contribution in [2.24, 2.45) is 5.73 Å². The number of aromatic nitrogens is 2. The van der Waals surface area contributed by atoms with Crippen molar-refractivity contribution in [3.05, 3.63) is 53.3 Å². The third-order valence-electron chi connectivity index (χ3n) is 3.28. The number of hydrogen-bond donors (Lipinski definition) is 2. The first-order chi connectivity index (χ1) is 10.0. The summed E-state index contributed by atoms with van der Waals surface area (Å²) >= 11 is 1.47. The minimum absolute atomic E-state index is 0.227. The molecule has 0 amide bonds. The van der Waals surface area contributed by atoms with E-state index in [1.165, 1.54) is 29.5 Å². The molecule has 0 radical (unpaired) electrons. The lowest BCUT2D eigenvalue weighted by Crippen LogP contribution is -2.06. The molecule has 3 N–H and O–H groups in total. The summed E-state index contributed by atoms with van der Waals surface area (Å²) < 4.78 is 13.4. The normalized spacial score (nSPS) is 12.8. The van der Waals surface area contributed by atoms with Crippen LogP contribution in [0.25, 0.3) is 11.0 Å². The fourth-order valence-electron chi connectivity index (χ4n) is 2.22. The van der Waals surface area contributed by atoms with Crippen molar-refractivity contribution in [1.82, 2.24) is 9.97 Å². The number of fused-ring (bicyclic) bond motifs is 1. The highest BCUT2D eigenvalue weighted by molar-refractivity contribution is 7.99. The molecule has 21 heavy (non-hydrogen) atoms. The highest BCUT2D eigenvalue weighted by Gasteiger charge is 2.12. The van der Waals surface area contributed by atoms with E-state index in [1.54, 1.807) is 6.07 Å². The molecule has 5 heteroatoms. The van der Waals surface area contributed by atoms with Crippen LogP contribution in [0.4, 0.5) is 4.39 Å². The molecule has 3 aromatic rings. The van der Waals surface area contributed by atoms with Gasteiger partial charge in [0.25, 0.3) is 0 Å². The number of halogens is 1. The van der Waals surface area contributed by atoms with E-state index in [0.717, 1.165) is 26.6 Å². The van der Waals surface area contributed by atoms with E-state index in [9.17, 15) is 4.39 Å². The molecule has 0 unspecified atom stereocenters. The summed E-state index contributed by atoms with van der Waals surface area (Å²) in [6.07, 6.45) is 0. The molecule has 1 atom stereocenters.